The molecule has 0 spiro atoms. The average molecular weight is 300 g/mol. The van der Waals surface area contributed by atoms with Crippen molar-refractivity contribution in [2.45, 2.75) is 59.8 Å². The fourth-order valence-electron chi connectivity index (χ4n) is 2.47. The molecule has 0 fully saturated rings. The second-order valence-corrected chi connectivity index (χ2v) is 6.35. The van der Waals surface area contributed by atoms with Crippen LogP contribution in [-0.4, -0.2) is 30.2 Å². The fourth-order valence-corrected chi connectivity index (χ4v) is 2.47. The summed E-state index contributed by atoms with van der Waals surface area (Å²) in [4.78, 5) is 22.0. The SMILES string of the molecule is CC(C)C(CNC(=O)NCCCCCCC(=O)O)C(C)C. The third kappa shape index (κ3) is 11.1. The number of unbranched alkanes of at least 4 members (excludes halogenated alkanes) is 3. The maximum atomic E-state index is 11.7. The predicted octanol–water partition coefficient (Wildman–Crippen LogP) is 3.25. The Bertz CT molecular complexity index is 296. The molecule has 124 valence electrons. The van der Waals surface area contributed by atoms with Crippen molar-refractivity contribution < 1.29 is 14.7 Å². The molecule has 0 saturated heterocycles. The van der Waals surface area contributed by atoms with Gasteiger partial charge in [-0.05, 0) is 30.6 Å². The number of hydrogen-bond acceptors (Lipinski definition) is 2. The number of hydrogen-bond donors (Lipinski definition) is 3. The highest BCUT2D eigenvalue weighted by Crippen LogP contribution is 2.19. The molecule has 0 aromatic heterocycles. The Morgan fingerprint density at radius 1 is 0.905 bits per heavy atom. The van der Waals surface area contributed by atoms with Crippen LogP contribution in [-0.2, 0) is 4.79 Å². The van der Waals surface area contributed by atoms with Crippen molar-refractivity contribution in [1.82, 2.24) is 10.6 Å². The van der Waals surface area contributed by atoms with Crippen LogP contribution in [0.2, 0.25) is 0 Å². The lowest BCUT2D eigenvalue weighted by Crippen LogP contribution is -2.40. The molecule has 0 aliphatic rings. The molecule has 5 nitrogen and oxygen atoms in total. The summed E-state index contributed by atoms with van der Waals surface area (Å²) in [6.07, 6.45) is 3.70. The molecule has 21 heavy (non-hydrogen) atoms. The lowest BCUT2D eigenvalue weighted by atomic mass is 9.85. The highest BCUT2D eigenvalue weighted by atomic mass is 16.4. The van der Waals surface area contributed by atoms with Crippen molar-refractivity contribution in [3.8, 4) is 0 Å². The number of carbonyl (C=O) groups is 2. The molecule has 0 aliphatic carbocycles. The summed E-state index contributed by atoms with van der Waals surface area (Å²) in [5.41, 5.74) is 0. The van der Waals surface area contributed by atoms with Gasteiger partial charge in [0.05, 0.1) is 0 Å². The fraction of sp³-hybridized carbons (Fsp3) is 0.875. The van der Waals surface area contributed by atoms with E-state index >= 15 is 0 Å². The number of urea groups is 1. The van der Waals surface area contributed by atoms with Gasteiger partial charge in [-0.1, -0.05) is 40.5 Å². The third-order valence-electron chi connectivity index (χ3n) is 3.81. The van der Waals surface area contributed by atoms with Crippen LogP contribution < -0.4 is 10.6 Å². The molecule has 0 heterocycles. The van der Waals surface area contributed by atoms with E-state index in [1.165, 1.54) is 0 Å². The lowest BCUT2D eigenvalue weighted by Gasteiger charge is -2.25. The van der Waals surface area contributed by atoms with Crippen molar-refractivity contribution in [3.63, 3.8) is 0 Å². The zero-order valence-electron chi connectivity index (χ0n) is 13.9. The molecule has 2 amide bonds. The number of carboxylic acids is 1. The van der Waals surface area contributed by atoms with E-state index in [1.54, 1.807) is 0 Å². The van der Waals surface area contributed by atoms with E-state index in [0.717, 1.165) is 19.3 Å². The first-order valence-electron chi connectivity index (χ1n) is 8.08. The van der Waals surface area contributed by atoms with Gasteiger partial charge < -0.3 is 15.7 Å². The Labute approximate surface area is 128 Å². The summed E-state index contributed by atoms with van der Waals surface area (Å²) in [6, 6.07) is -0.105. The van der Waals surface area contributed by atoms with Crippen LogP contribution in [0.1, 0.15) is 59.8 Å². The predicted molar refractivity (Wildman–Crippen MR) is 85.3 cm³/mol. The second kappa shape index (κ2) is 11.4. The van der Waals surface area contributed by atoms with E-state index in [4.69, 9.17) is 5.11 Å². The van der Waals surface area contributed by atoms with E-state index in [9.17, 15) is 9.59 Å². The quantitative estimate of drug-likeness (QED) is 0.512. The van der Waals surface area contributed by atoms with Gasteiger partial charge in [-0.15, -0.1) is 0 Å². The molecule has 0 bridgehead atoms. The van der Waals surface area contributed by atoms with Gasteiger partial charge in [0.2, 0.25) is 0 Å². The third-order valence-corrected chi connectivity index (χ3v) is 3.81. The summed E-state index contributed by atoms with van der Waals surface area (Å²) in [5.74, 6) is 0.864. The molecule has 0 radical (unpaired) electrons. The van der Waals surface area contributed by atoms with Gasteiger partial charge in [-0.3, -0.25) is 4.79 Å². The van der Waals surface area contributed by atoms with Crippen molar-refractivity contribution in [2.24, 2.45) is 17.8 Å². The Hall–Kier alpha value is -1.26. The zero-order valence-corrected chi connectivity index (χ0v) is 13.9. The van der Waals surface area contributed by atoms with Gasteiger partial charge in [0.1, 0.15) is 0 Å². The molecule has 3 N–H and O–H groups in total. The monoisotopic (exact) mass is 300 g/mol. The van der Waals surface area contributed by atoms with E-state index in [0.29, 0.717) is 37.3 Å². The molecule has 5 heteroatoms. The average Bonchev–Trinajstić information content (AvgIpc) is 2.36. The van der Waals surface area contributed by atoms with Gasteiger partial charge in [0.15, 0.2) is 0 Å². The highest BCUT2D eigenvalue weighted by Gasteiger charge is 2.17. The summed E-state index contributed by atoms with van der Waals surface area (Å²) < 4.78 is 0. The maximum absolute atomic E-state index is 11.7. The van der Waals surface area contributed by atoms with Crippen LogP contribution in [0.4, 0.5) is 4.79 Å². The van der Waals surface area contributed by atoms with E-state index < -0.39 is 5.97 Å². The zero-order chi connectivity index (χ0) is 16.3. The number of nitrogens with one attached hydrogen (secondary N) is 2. The molecular weight excluding hydrogens is 268 g/mol. The van der Waals surface area contributed by atoms with Crippen molar-refractivity contribution in [2.75, 3.05) is 13.1 Å². The first kappa shape index (κ1) is 19.7. The number of rotatable bonds is 11. The van der Waals surface area contributed by atoms with Crippen LogP contribution >= 0.6 is 0 Å². The lowest BCUT2D eigenvalue weighted by molar-refractivity contribution is -0.137. The van der Waals surface area contributed by atoms with Crippen LogP contribution in [0.3, 0.4) is 0 Å². The van der Waals surface area contributed by atoms with Gasteiger partial charge in [0.25, 0.3) is 0 Å². The van der Waals surface area contributed by atoms with Crippen LogP contribution in [0.25, 0.3) is 0 Å². The van der Waals surface area contributed by atoms with Crippen LogP contribution in [0, 0.1) is 17.8 Å². The molecular formula is C16H32N2O3. The minimum atomic E-state index is -0.739. The van der Waals surface area contributed by atoms with E-state index in [1.807, 2.05) is 0 Å². The molecule has 0 unspecified atom stereocenters. The topological polar surface area (TPSA) is 78.4 Å². The Morgan fingerprint density at radius 2 is 1.48 bits per heavy atom. The Kier molecular flexibility index (Phi) is 10.7. The highest BCUT2D eigenvalue weighted by molar-refractivity contribution is 5.73. The van der Waals surface area contributed by atoms with Gasteiger partial charge >= 0.3 is 12.0 Å². The number of aliphatic carboxylic acids is 1. The Balaban J connectivity index is 3.60. The molecule has 0 aliphatic heterocycles. The van der Waals surface area contributed by atoms with Crippen molar-refractivity contribution >= 4 is 12.0 Å². The van der Waals surface area contributed by atoms with E-state index in [2.05, 4.69) is 38.3 Å². The molecule has 0 aromatic rings. The molecule has 0 rings (SSSR count). The number of carboxylic acid groups (broad SMARTS) is 1. The smallest absolute Gasteiger partial charge is 0.314 e. The largest absolute Gasteiger partial charge is 0.481 e. The summed E-state index contributed by atoms with van der Waals surface area (Å²) >= 11 is 0. The van der Waals surface area contributed by atoms with Crippen molar-refractivity contribution in [1.29, 1.82) is 0 Å². The van der Waals surface area contributed by atoms with Crippen LogP contribution in [0.15, 0.2) is 0 Å². The standard InChI is InChI=1S/C16H32N2O3/c1-12(2)14(13(3)4)11-18-16(21)17-10-8-6-5-7-9-15(19)20/h12-14H,5-11H2,1-4H3,(H,19,20)(H2,17,18,21). The normalized spacial score (nSPS) is 11.2. The number of carbonyl (C=O) groups excluding carboxylic acids is 1. The first-order valence-corrected chi connectivity index (χ1v) is 8.08. The van der Waals surface area contributed by atoms with Gasteiger partial charge in [0, 0.05) is 19.5 Å². The summed E-state index contributed by atoms with van der Waals surface area (Å²) in [5, 5.41) is 14.3. The first-order chi connectivity index (χ1) is 9.84. The Morgan fingerprint density at radius 3 is 2.00 bits per heavy atom. The molecule has 0 aromatic carbocycles. The van der Waals surface area contributed by atoms with E-state index in [-0.39, 0.29) is 12.5 Å². The minimum Gasteiger partial charge on any atom is -0.481 e. The summed E-state index contributed by atoms with van der Waals surface area (Å²) in [7, 11) is 0. The number of amides is 2. The molecule has 0 saturated carbocycles. The minimum absolute atomic E-state index is 0.105. The van der Waals surface area contributed by atoms with Gasteiger partial charge in [-0.2, -0.15) is 0 Å². The van der Waals surface area contributed by atoms with Gasteiger partial charge in [-0.25, -0.2) is 4.79 Å². The summed E-state index contributed by atoms with van der Waals surface area (Å²) in [6.45, 7) is 10.1. The molecule has 0 atom stereocenters. The second-order valence-electron chi connectivity index (χ2n) is 6.35. The van der Waals surface area contributed by atoms with Crippen LogP contribution in [0.5, 0.6) is 0 Å². The maximum Gasteiger partial charge on any atom is 0.314 e. The van der Waals surface area contributed by atoms with Crippen molar-refractivity contribution in [3.05, 3.63) is 0 Å².